The van der Waals surface area contributed by atoms with Crippen LogP contribution in [0, 0.1) is 11.8 Å². The molecule has 0 unspecified atom stereocenters. The Bertz CT molecular complexity index is 1710. The summed E-state index contributed by atoms with van der Waals surface area (Å²) in [4.78, 5) is 81.0. The Balaban J connectivity index is 1.35. The normalized spacial score (nSPS) is 33.6. The van der Waals surface area contributed by atoms with Crippen molar-refractivity contribution in [1.82, 2.24) is 21.3 Å². The zero-order chi connectivity index (χ0) is 50.2. The summed E-state index contributed by atoms with van der Waals surface area (Å²) in [5.41, 5.74) is -1.78. The molecule has 4 saturated heterocycles. The van der Waals surface area contributed by atoms with Gasteiger partial charge in [0.15, 0.2) is 24.2 Å². The van der Waals surface area contributed by atoms with Crippen molar-refractivity contribution in [3.05, 3.63) is 24.3 Å². The van der Waals surface area contributed by atoms with Crippen LogP contribution in [0.15, 0.2) is 24.3 Å². The zero-order valence-electron chi connectivity index (χ0n) is 41.2. The molecule has 4 fully saturated rings. The van der Waals surface area contributed by atoms with Crippen molar-refractivity contribution < 1.29 is 85.6 Å². The quantitative estimate of drug-likeness (QED) is 0.155. The maximum absolute atomic E-state index is 14.2. The number of nitrogens with one attached hydrogen (secondary N) is 4. The summed E-state index contributed by atoms with van der Waals surface area (Å²) in [7, 11) is 2.91. The maximum Gasteiger partial charge on any atom is 0.407 e. The molecule has 0 aliphatic carbocycles. The van der Waals surface area contributed by atoms with Crippen molar-refractivity contribution in [3.8, 4) is 0 Å². The fourth-order valence-electron chi connectivity index (χ4n) is 8.55. The zero-order valence-corrected chi connectivity index (χ0v) is 41.2. The van der Waals surface area contributed by atoms with Gasteiger partial charge in [-0.2, -0.15) is 0 Å². The first kappa shape index (κ1) is 54.5. The molecular weight excluding hydrogens is 897 g/mol. The monoisotopic (exact) mass is 968 g/mol. The predicted octanol–water partition coefficient (Wildman–Crippen LogP) is 2.79. The molecule has 22 heteroatoms. The van der Waals surface area contributed by atoms with Crippen LogP contribution in [0.2, 0.25) is 0 Å². The minimum absolute atomic E-state index is 0.0139. The fraction of sp³-hybridized carbons (Fsp3) is 0.783. The first-order valence-electron chi connectivity index (χ1n) is 23.0. The topological polar surface area (TPSA) is 261 Å². The van der Waals surface area contributed by atoms with Crippen LogP contribution in [0.4, 0.5) is 9.59 Å². The number of alkyl carbamates (subject to hydrolysis) is 2. The van der Waals surface area contributed by atoms with E-state index < -0.39 is 132 Å². The highest BCUT2D eigenvalue weighted by Gasteiger charge is 2.60. The average Bonchev–Trinajstić information content (AvgIpc) is 3.90. The molecule has 0 saturated carbocycles. The van der Waals surface area contributed by atoms with E-state index in [2.05, 4.69) is 21.3 Å². The Morgan fingerprint density at radius 1 is 0.618 bits per heavy atom. The third-order valence-electron chi connectivity index (χ3n) is 11.3. The predicted molar refractivity (Wildman–Crippen MR) is 237 cm³/mol. The molecule has 5 aliphatic rings. The molecule has 0 aromatic rings. The maximum atomic E-state index is 14.2. The summed E-state index contributed by atoms with van der Waals surface area (Å²) < 4.78 is 70.5. The summed E-state index contributed by atoms with van der Waals surface area (Å²) in [6, 6.07) is -2.18. The number of allylic oxidation sites excluding steroid dienone is 2. The van der Waals surface area contributed by atoms with Crippen molar-refractivity contribution in [2.75, 3.05) is 40.5 Å². The number of carbonyl (C=O) groups is 6. The van der Waals surface area contributed by atoms with Gasteiger partial charge in [0.1, 0.15) is 61.0 Å². The summed E-state index contributed by atoms with van der Waals surface area (Å²) in [5, 5.41) is 11.2. The molecule has 0 aromatic heterocycles. The van der Waals surface area contributed by atoms with Gasteiger partial charge in [0, 0.05) is 27.3 Å². The van der Waals surface area contributed by atoms with Gasteiger partial charge in [0.25, 0.3) is 0 Å². The molecule has 0 spiro atoms. The van der Waals surface area contributed by atoms with Gasteiger partial charge in [-0.3, -0.25) is 19.2 Å². The number of hydrogen-bond acceptors (Lipinski definition) is 18. The molecule has 22 nitrogen and oxygen atoms in total. The molecule has 4 N–H and O–H groups in total. The Morgan fingerprint density at radius 2 is 0.985 bits per heavy atom. The smallest absolute Gasteiger partial charge is 0.407 e. The second-order valence-electron chi connectivity index (χ2n) is 20.0. The molecule has 5 rings (SSSR count). The standard InChI is InChI=1S/C46H72N4O18/c1-43(2,3)67-41(55)49-29(31-33(57-11)35-39(61-31)65-45(7,8)63-35)25-17-13-15-23-59-28(52)20-22-48-38(54)26(18-14-16-24-60-27(51)19-21-47-37(25)53)30(50-42(56)68-44(4,5)6)32-34(58-12)36-40(62-32)66-46(9,10)64-36/h13-16,25-26,29-36,39-40H,17-24H2,1-12H3,(H,47,53)(H,48,54)(H,49,55)(H,50,56)/b15-13+,16-14+/t25-,26-,29-,30-,31-,32-,33-,34-,35+,36+,39+,40+/m0/s1. The van der Waals surface area contributed by atoms with E-state index in [1.165, 1.54) is 26.4 Å². The van der Waals surface area contributed by atoms with Gasteiger partial charge in [-0.1, -0.05) is 24.3 Å². The number of esters is 2. The van der Waals surface area contributed by atoms with Crippen molar-refractivity contribution in [1.29, 1.82) is 0 Å². The SMILES string of the molecule is CO[C@@H]1[C@H]2OC(C)(C)O[C@H]2O[C@H]1[C@@H](NC(=O)OC(C)(C)C)[C@@H]1C/C=C/COC(=O)CCNC(=O)[C@H]([C@H](NC(=O)OC(C)(C)C)[C@@H]2O[C@@H]3OC(C)(C)O[C@@H]3[C@H]2OC)C/C=C/COC(=O)CCNC1=O. The van der Waals surface area contributed by atoms with Crippen LogP contribution >= 0.6 is 0 Å². The molecule has 0 radical (unpaired) electrons. The van der Waals surface area contributed by atoms with Crippen LogP contribution in [0.1, 0.15) is 94.9 Å². The van der Waals surface area contributed by atoms with Crippen molar-refractivity contribution in [3.63, 3.8) is 0 Å². The van der Waals surface area contributed by atoms with Crippen LogP contribution in [0.3, 0.4) is 0 Å². The Labute approximate surface area is 397 Å². The van der Waals surface area contributed by atoms with E-state index in [0.29, 0.717) is 0 Å². The van der Waals surface area contributed by atoms with Crippen molar-refractivity contribution in [2.24, 2.45) is 11.8 Å². The van der Waals surface area contributed by atoms with Gasteiger partial charge in [0.2, 0.25) is 11.8 Å². The van der Waals surface area contributed by atoms with Crippen LogP contribution in [-0.2, 0) is 76.0 Å². The van der Waals surface area contributed by atoms with Crippen LogP contribution < -0.4 is 21.3 Å². The average molecular weight is 969 g/mol. The van der Waals surface area contributed by atoms with E-state index >= 15 is 0 Å². The largest absolute Gasteiger partial charge is 0.461 e. The summed E-state index contributed by atoms with van der Waals surface area (Å²) in [5.74, 6) is -6.47. The third kappa shape index (κ3) is 15.3. The first-order chi connectivity index (χ1) is 31.8. The second kappa shape index (κ2) is 23.0. The van der Waals surface area contributed by atoms with Crippen molar-refractivity contribution >= 4 is 35.9 Å². The Kier molecular flexibility index (Phi) is 18.4. The van der Waals surface area contributed by atoms with E-state index in [-0.39, 0.29) is 52.0 Å². The Hall–Kier alpha value is -4.42. The molecule has 12 atom stereocenters. The van der Waals surface area contributed by atoms with Gasteiger partial charge in [-0.25, -0.2) is 9.59 Å². The highest BCUT2D eigenvalue weighted by Crippen LogP contribution is 2.42. The van der Waals surface area contributed by atoms with E-state index in [1.54, 1.807) is 81.4 Å². The minimum atomic E-state index is -1.09. The number of rotatable bonds is 8. The van der Waals surface area contributed by atoms with Gasteiger partial charge < -0.3 is 78.1 Å². The summed E-state index contributed by atoms with van der Waals surface area (Å²) in [6.45, 7) is 16.4. The molecule has 5 aliphatic heterocycles. The molecular formula is C46H72N4O18. The van der Waals surface area contributed by atoms with E-state index in [4.69, 9.17) is 56.8 Å². The highest BCUT2D eigenvalue weighted by molar-refractivity contribution is 5.82. The van der Waals surface area contributed by atoms with Gasteiger partial charge >= 0.3 is 24.1 Å². The minimum Gasteiger partial charge on any atom is -0.461 e. The molecule has 0 aromatic carbocycles. The number of amides is 4. The fourth-order valence-corrected chi connectivity index (χ4v) is 8.55. The molecule has 384 valence electrons. The van der Waals surface area contributed by atoms with E-state index in [1.807, 2.05) is 0 Å². The lowest BCUT2D eigenvalue weighted by Gasteiger charge is -2.35. The lowest BCUT2D eigenvalue weighted by atomic mass is 9.87. The Morgan fingerprint density at radius 3 is 1.32 bits per heavy atom. The molecule has 0 bridgehead atoms. The number of ether oxygens (including phenoxy) is 12. The van der Waals surface area contributed by atoms with E-state index in [9.17, 15) is 28.8 Å². The van der Waals surface area contributed by atoms with E-state index in [0.717, 1.165) is 0 Å². The number of carbonyl (C=O) groups excluding carboxylic acids is 6. The van der Waals surface area contributed by atoms with Gasteiger partial charge in [0.05, 0.1) is 36.8 Å². The number of fused-ring (bicyclic) bond motifs is 2. The van der Waals surface area contributed by atoms with Crippen LogP contribution in [-0.4, -0.2) is 161 Å². The second-order valence-corrected chi connectivity index (χ2v) is 20.0. The number of methoxy groups -OCH3 is 2. The van der Waals surface area contributed by atoms with Gasteiger partial charge in [-0.15, -0.1) is 0 Å². The molecule has 5 heterocycles. The van der Waals surface area contributed by atoms with Crippen LogP contribution in [0.25, 0.3) is 0 Å². The third-order valence-corrected chi connectivity index (χ3v) is 11.3. The van der Waals surface area contributed by atoms with Crippen LogP contribution in [0.5, 0.6) is 0 Å². The number of cyclic esters (lactones) is 2. The first-order valence-corrected chi connectivity index (χ1v) is 23.0. The summed E-state index contributed by atoms with van der Waals surface area (Å²) >= 11 is 0. The lowest BCUT2D eigenvalue weighted by molar-refractivity contribution is -0.221. The molecule has 68 heavy (non-hydrogen) atoms. The highest BCUT2D eigenvalue weighted by atomic mass is 16.9. The summed E-state index contributed by atoms with van der Waals surface area (Å²) in [6.07, 6.45) is -2.53. The van der Waals surface area contributed by atoms with Crippen molar-refractivity contribution in [2.45, 2.75) is 179 Å². The van der Waals surface area contributed by atoms with Gasteiger partial charge in [-0.05, 0) is 82.1 Å². The number of hydrogen-bond donors (Lipinski definition) is 4. The lowest BCUT2D eigenvalue weighted by Crippen LogP contribution is -2.57. The molecule has 4 amide bonds.